The minimum atomic E-state index is -0.662. The summed E-state index contributed by atoms with van der Waals surface area (Å²) in [5.74, 6) is 0. The van der Waals surface area contributed by atoms with E-state index in [0.717, 1.165) is 11.1 Å². The van der Waals surface area contributed by atoms with Gasteiger partial charge >= 0.3 is 11.1 Å². The third-order valence-corrected chi connectivity index (χ3v) is 3.97. The molecule has 0 bridgehead atoms. The van der Waals surface area contributed by atoms with E-state index < -0.39 is 11.1 Å². The molecule has 1 atom stereocenters. The zero-order chi connectivity index (χ0) is 15.0. The van der Waals surface area contributed by atoms with E-state index in [2.05, 4.69) is 31.2 Å². The molecule has 0 aliphatic heterocycles. The average Bonchev–Trinajstić information content (AvgIpc) is 2.88. The quantitative estimate of drug-likeness (QED) is 0.629. The number of rotatable bonds is 3. The van der Waals surface area contributed by atoms with Gasteiger partial charge in [-0.15, -0.1) is 0 Å². The zero-order valence-corrected chi connectivity index (χ0v) is 12.7. The number of H-pyrrole nitrogens is 2. The van der Waals surface area contributed by atoms with Crippen LogP contribution >= 0.6 is 15.9 Å². The molecule has 3 aromatic rings. The van der Waals surface area contributed by atoms with E-state index in [1.165, 1.54) is 0 Å². The average molecular weight is 350 g/mol. The first-order chi connectivity index (χ1) is 10.1. The highest BCUT2D eigenvalue weighted by molar-refractivity contribution is 9.10. The minimum Gasteiger partial charge on any atom is -0.457 e. The summed E-state index contributed by atoms with van der Waals surface area (Å²) in [6.07, 6.45) is 1.60. The molecule has 0 radical (unpaired) electrons. The van der Waals surface area contributed by atoms with Gasteiger partial charge < -0.3 is 19.7 Å². The highest BCUT2D eigenvalue weighted by Gasteiger charge is 2.17. The van der Waals surface area contributed by atoms with Crippen molar-refractivity contribution in [1.29, 1.82) is 0 Å². The highest BCUT2D eigenvalue weighted by atomic mass is 79.9. The first kappa shape index (κ1) is 13.8. The Bertz CT molecular complexity index is 909. The Morgan fingerprint density at radius 3 is 2.48 bits per heavy atom. The fourth-order valence-electron chi connectivity index (χ4n) is 2.32. The molecule has 1 aromatic carbocycles. The standard InChI is InChI=1S/C14H12BrN3O3/c1-16-11(8-4-5-21-12(8)15)7-2-3-9-10(6-7)18-14(20)13(19)17-9/h2-6,11,16H,1H3,(H,17,19)(H,18,20). The molecule has 0 saturated heterocycles. The molecule has 7 heteroatoms. The summed E-state index contributed by atoms with van der Waals surface area (Å²) >= 11 is 3.36. The monoisotopic (exact) mass is 349 g/mol. The van der Waals surface area contributed by atoms with Gasteiger partial charge in [-0.3, -0.25) is 9.59 Å². The van der Waals surface area contributed by atoms with E-state index in [9.17, 15) is 9.59 Å². The second-order valence-electron chi connectivity index (χ2n) is 4.58. The van der Waals surface area contributed by atoms with Crippen LogP contribution < -0.4 is 16.4 Å². The minimum absolute atomic E-state index is 0.0991. The summed E-state index contributed by atoms with van der Waals surface area (Å²) in [6, 6.07) is 7.24. The molecule has 1 unspecified atom stereocenters. The summed E-state index contributed by atoms with van der Waals surface area (Å²) in [6.45, 7) is 0. The maximum absolute atomic E-state index is 11.4. The van der Waals surface area contributed by atoms with E-state index in [4.69, 9.17) is 4.42 Å². The van der Waals surface area contributed by atoms with Crippen molar-refractivity contribution in [1.82, 2.24) is 15.3 Å². The molecule has 6 nitrogen and oxygen atoms in total. The summed E-state index contributed by atoms with van der Waals surface area (Å²) in [7, 11) is 1.84. The van der Waals surface area contributed by atoms with Crippen molar-refractivity contribution in [3.63, 3.8) is 0 Å². The van der Waals surface area contributed by atoms with Crippen LogP contribution in [0.4, 0.5) is 0 Å². The topological polar surface area (TPSA) is 90.9 Å². The Morgan fingerprint density at radius 2 is 1.86 bits per heavy atom. The van der Waals surface area contributed by atoms with Crippen molar-refractivity contribution in [3.8, 4) is 0 Å². The van der Waals surface area contributed by atoms with E-state index in [-0.39, 0.29) is 6.04 Å². The van der Waals surface area contributed by atoms with Crippen molar-refractivity contribution >= 4 is 27.0 Å². The Morgan fingerprint density at radius 1 is 1.14 bits per heavy atom. The molecule has 0 fully saturated rings. The van der Waals surface area contributed by atoms with Crippen molar-refractivity contribution in [2.24, 2.45) is 0 Å². The van der Waals surface area contributed by atoms with E-state index in [1.807, 2.05) is 25.2 Å². The number of fused-ring (bicyclic) bond motifs is 1. The molecular formula is C14H12BrN3O3. The molecule has 3 rings (SSSR count). The third-order valence-electron chi connectivity index (χ3n) is 3.33. The van der Waals surface area contributed by atoms with Gasteiger partial charge in [0.15, 0.2) is 4.67 Å². The van der Waals surface area contributed by atoms with Gasteiger partial charge in [-0.1, -0.05) is 6.07 Å². The molecule has 2 aromatic heterocycles. The van der Waals surface area contributed by atoms with E-state index >= 15 is 0 Å². The molecule has 0 aliphatic carbocycles. The van der Waals surface area contributed by atoms with Crippen LogP contribution in [0.5, 0.6) is 0 Å². The summed E-state index contributed by atoms with van der Waals surface area (Å²) in [5.41, 5.74) is 1.74. The van der Waals surface area contributed by atoms with Crippen molar-refractivity contribution in [3.05, 3.63) is 67.0 Å². The number of hydrogen-bond donors (Lipinski definition) is 3. The van der Waals surface area contributed by atoms with E-state index in [1.54, 1.807) is 12.3 Å². The molecule has 21 heavy (non-hydrogen) atoms. The lowest BCUT2D eigenvalue weighted by Crippen LogP contribution is -2.29. The lowest BCUT2D eigenvalue weighted by molar-refractivity contribution is 0.530. The first-order valence-electron chi connectivity index (χ1n) is 6.26. The second-order valence-corrected chi connectivity index (χ2v) is 5.30. The van der Waals surface area contributed by atoms with Gasteiger partial charge in [-0.2, -0.15) is 0 Å². The number of aromatic nitrogens is 2. The zero-order valence-electron chi connectivity index (χ0n) is 11.1. The van der Waals surface area contributed by atoms with Crippen LogP contribution in [0.2, 0.25) is 0 Å². The van der Waals surface area contributed by atoms with Gasteiger partial charge in [-0.25, -0.2) is 0 Å². The number of nitrogens with one attached hydrogen (secondary N) is 3. The number of halogens is 1. The SMILES string of the molecule is CNC(c1ccc2[nH]c(=O)c(=O)[nH]c2c1)c1ccoc1Br. The third kappa shape index (κ3) is 2.45. The van der Waals surface area contributed by atoms with Crippen LogP contribution in [-0.4, -0.2) is 17.0 Å². The van der Waals surface area contributed by atoms with E-state index in [0.29, 0.717) is 15.7 Å². The van der Waals surface area contributed by atoms with Crippen molar-refractivity contribution in [2.75, 3.05) is 7.05 Å². The number of aromatic amines is 2. The molecule has 0 amide bonds. The second kappa shape index (κ2) is 5.34. The molecular weight excluding hydrogens is 338 g/mol. The largest absolute Gasteiger partial charge is 0.457 e. The normalized spacial score (nSPS) is 12.7. The maximum atomic E-state index is 11.4. The Kier molecular flexibility index (Phi) is 3.52. The van der Waals surface area contributed by atoms with Gasteiger partial charge in [0.2, 0.25) is 0 Å². The predicted molar refractivity (Wildman–Crippen MR) is 82.5 cm³/mol. The predicted octanol–water partition coefficient (Wildman–Crippen LogP) is 1.88. The van der Waals surface area contributed by atoms with Crippen LogP contribution in [0.15, 0.2) is 49.2 Å². The Labute approximate surface area is 127 Å². The lowest BCUT2D eigenvalue weighted by atomic mass is 10.0. The lowest BCUT2D eigenvalue weighted by Gasteiger charge is -2.16. The molecule has 0 saturated carbocycles. The van der Waals surface area contributed by atoms with Crippen LogP contribution in [0.3, 0.4) is 0 Å². The van der Waals surface area contributed by atoms with Gasteiger partial charge in [0, 0.05) is 5.56 Å². The summed E-state index contributed by atoms with van der Waals surface area (Å²) in [4.78, 5) is 27.9. The van der Waals surface area contributed by atoms with Crippen LogP contribution in [0.25, 0.3) is 11.0 Å². The number of benzene rings is 1. The fourth-order valence-corrected chi connectivity index (χ4v) is 2.79. The maximum Gasteiger partial charge on any atom is 0.314 e. The smallest absolute Gasteiger partial charge is 0.314 e. The van der Waals surface area contributed by atoms with Gasteiger partial charge in [0.05, 0.1) is 23.3 Å². The molecule has 0 spiro atoms. The number of hydrogen-bond acceptors (Lipinski definition) is 4. The van der Waals surface area contributed by atoms with Crippen molar-refractivity contribution < 1.29 is 4.42 Å². The summed E-state index contributed by atoms with van der Waals surface area (Å²) in [5, 5.41) is 3.20. The van der Waals surface area contributed by atoms with Gasteiger partial charge in [-0.05, 0) is 46.7 Å². The van der Waals surface area contributed by atoms with Crippen LogP contribution in [0.1, 0.15) is 17.2 Å². The molecule has 108 valence electrons. The molecule has 0 aliphatic rings. The Balaban J connectivity index is 2.15. The van der Waals surface area contributed by atoms with Crippen LogP contribution in [0, 0.1) is 0 Å². The summed E-state index contributed by atoms with van der Waals surface area (Å²) < 4.78 is 5.91. The highest BCUT2D eigenvalue weighted by Crippen LogP contribution is 2.30. The van der Waals surface area contributed by atoms with Crippen LogP contribution in [-0.2, 0) is 0 Å². The van der Waals surface area contributed by atoms with Gasteiger partial charge in [0.25, 0.3) is 0 Å². The van der Waals surface area contributed by atoms with Gasteiger partial charge in [0.1, 0.15) is 0 Å². The fraction of sp³-hybridized carbons (Fsp3) is 0.143. The van der Waals surface area contributed by atoms with Crippen molar-refractivity contribution in [2.45, 2.75) is 6.04 Å². The molecule has 2 heterocycles. The molecule has 3 N–H and O–H groups in total. The number of furan rings is 1. The first-order valence-corrected chi connectivity index (χ1v) is 7.06. The Hall–Kier alpha value is -2.12.